The standard InChI is InChI=1S/C21H25ClN2O/c1-2-25-20-14-7-6-13-19(20)21(23-17-10-4-3-5-11-17)24-18-12-8-9-16(22)15-18/h6-9,12-15,17H,2-5,10-11H2,1H3,(H,23,24). The molecule has 2 aromatic carbocycles. The summed E-state index contributed by atoms with van der Waals surface area (Å²) in [4.78, 5) is 4.87. The second kappa shape index (κ2) is 8.91. The second-order valence-corrected chi connectivity index (χ2v) is 6.79. The van der Waals surface area contributed by atoms with Gasteiger partial charge in [0.15, 0.2) is 0 Å². The normalized spacial score (nSPS) is 15.8. The first-order chi connectivity index (χ1) is 12.3. The van der Waals surface area contributed by atoms with Gasteiger partial charge in [0, 0.05) is 11.1 Å². The van der Waals surface area contributed by atoms with Gasteiger partial charge in [0.05, 0.1) is 17.9 Å². The van der Waals surface area contributed by atoms with Gasteiger partial charge in [-0.3, -0.25) is 0 Å². The maximum absolute atomic E-state index is 6.13. The first kappa shape index (κ1) is 17.8. The highest BCUT2D eigenvalue weighted by Crippen LogP contribution is 2.25. The molecule has 2 aromatic rings. The van der Waals surface area contributed by atoms with Gasteiger partial charge in [0.1, 0.15) is 11.6 Å². The number of ether oxygens (including phenoxy) is 1. The SMILES string of the molecule is CCOc1ccccc1C(=Nc1cccc(Cl)c1)NC1CCCCC1. The zero-order chi connectivity index (χ0) is 17.5. The van der Waals surface area contributed by atoms with Gasteiger partial charge in [-0.2, -0.15) is 0 Å². The maximum atomic E-state index is 6.13. The van der Waals surface area contributed by atoms with Crippen LogP contribution < -0.4 is 10.1 Å². The second-order valence-electron chi connectivity index (χ2n) is 6.35. The van der Waals surface area contributed by atoms with E-state index in [1.165, 1.54) is 32.1 Å². The summed E-state index contributed by atoms with van der Waals surface area (Å²) >= 11 is 6.13. The Morgan fingerprint density at radius 3 is 2.68 bits per heavy atom. The van der Waals surface area contributed by atoms with Crippen LogP contribution in [0.4, 0.5) is 5.69 Å². The number of halogens is 1. The Hall–Kier alpha value is -2.00. The van der Waals surface area contributed by atoms with Crippen LogP contribution in [0.1, 0.15) is 44.6 Å². The van der Waals surface area contributed by atoms with Crippen molar-refractivity contribution < 1.29 is 4.74 Å². The van der Waals surface area contributed by atoms with E-state index in [4.69, 9.17) is 21.3 Å². The number of hydrogen-bond acceptors (Lipinski definition) is 2. The van der Waals surface area contributed by atoms with E-state index >= 15 is 0 Å². The number of benzene rings is 2. The fourth-order valence-corrected chi connectivity index (χ4v) is 3.41. The van der Waals surface area contributed by atoms with Gasteiger partial charge in [-0.15, -0.1) is 0 Å². The van der Waals surface area contributed by atoms with Crippen LogP contribution >= 0.6 is 11.6 Å². The smallest absolute Gasteiger partial charge is 0.137 e. The van der Waals surface area contributed by atoms with E-state index in [0.29, 0.717) is 17.7 Å². The predicted molar refractivity (Wildman–Crippen MR) is 105 cm³/mol. The van der Waals surface area contributed by atoms with Gasteiger partial charge in [0.2, 0.25) is 0 Å². The summed E-state index contributed by atoms with van der Waals surface area (Å²) in [5, 5.41) is 4.36. The number of nitrogens with zero attached hydrogens (tertiary/aromatic N) is 1. The largest absolute Gasteiger partial charge is 0.493 e. The Labute approximate surface area is 155 Å². The van der Waals surface area contributed by atoms with Crippen molar-refractivity contribution in [3.05, 3.63) is 59.1 Å². The Bertz CT molecular complexity index is 723. The molecule has 25 heavy (non-hydrogen) atoms. The van der Waals surface area contributed by atoms with Crippen LogP contribution in [0.5, 0.6) is 5.75 Å². The first-order valence-corrected chi connectivity index (χ1v) is 9.47. The van der Waals surface area contributed by atoms with Gasteiger partial charge in [-0.25, -0.2) is 4.99 Å². The molecular weight excluding hydrogens is 332 g/mol. The van der Waals surface area contributed by atoms with Gasteiger partial charge in [-0.05, 0) is 50.1 Å². The maximum Gasteiger partial charge on any atom is 0.137 e. The molecule has 3 nitrogen and oxygen atoms in total. The molecular formula is C21H25ClN2O. The molecule has 0 radical (unpaired) electrons. The van der Waals surface area contributed by atoms with Gasteiger partial charge in [-0.1, -0.05) is 49.1 Å². The molecule has 1 fully saturated rings. The van der Waals surface area contributed by atoms with Crippen molar-refractivity contribution >= 4 is 23.1 Å². The third kappa shape index (κ3) is 4.99. The number of amidine groups is 1. The van der Waals surface area contributed by atoms with E-state index < -0.39 is 0 Å². The number of hydrogen-bond donors (Lipinski definition) is 1. The van der Waals surface area contributed by atoms with Crippen LogP contribution in [-0.4, -0.2) is 18.5 Å². The Morgan fingerprint density at radius 1 is 1.12 bits per heavy atom. The third-order valence-electron chi connectivity index (χ3n) is 4.44. The van der Waals surface area contributed by atoms with Crippen LogP contribution in [-0.2, 0) is 0 Å². The van der Waals surface area contributed by atoms with E-state index in [1.807, 2.05) is 49.4 Å². The van der Waals surface area contributed by atoms with Gasteiger partial charge >= 0.3 is 0 Å². The molecule has 132 valence electrons. The van der Waals surface area contributed by atoms with Gasteiger partial charge < -0.3 is 10.1 Å². The summed E-state index contributed by atoms with van der Waals surface area (Å²) in [6.45, 7) is 2.63. The van der Waals surface area contributed by atoms with Crippen LogP contribution in [0, 0.1) is 0 Å². The number of aliphatic imine (C=N–C) groups is 1. The lowest BCUT2D eigenvalue weighted by molar-refractivity contribution is 0.339. The molecule has 0 unspecified atom stereocenters. The minimum Gasteiger partial charge on any atom is -0.493 e. The van der Waals surface area contributed by atoms with Crippen LogP contribution in [0.15, 0.2) is 53.5 Å². The molecule has 0 saturated heterocycles. The molecule has 0 aromatic heterocycles. The monoisotopic (exact) mass is 356 g/mol. The molecule has 1 N–H and O–H groups in total. The Morgan fingerprint density at radius 2 is 1.92 bits per heavy atom. The van der Waals surface area contributed by atoms with Crippen molar-refractivity contribution in [1.82, 2.24) is 5.32 Å². The molecule has 0 aliphatic heterocycles. The number of rotatable bonds is 5. The molecule has 0 amide bonds. The minimum atomic E-state index is 0.460. The number of nitrogens with one attached hydrogen (secondary N) is 1. The van der Waals surface area contributed by atoms with E-state index in [0.717, 1.165) is 22.8 Å². The van der Waals surface area contributed by atoms with Crippen molar-refractivity contribution in [2.75, 3.05) is 6.61 Å². The lowest BCUT2D eigenvalue weighted by Gasteiger charge is -2.25. The highest BCUT2D eigenvalue weighted by Gasteiger charge is 2.18. The van der Waals surface area contributed by atoms with E-state index in [1.54, 1.807) is 0 Å². The summed E-state index contributed by atoms with van der Waals surface area (Å²) in [6, 6.07) is 16.2. The van der Waals surface area contributed by atoms with Crippen LogP contribution in [0.2, 0.25) is 5.02 Å². The summed E-state index contributed by atoms with van der Waals surface area (Å²) < 4.78 is 5.82. The quantitative estimate of drug-likeness (QED) is 0.547. The Kier molecular flexibility index (Phi) is 6.35. The van der Waals surface area contributed by atoms with Crippen molar-refractivity contribution in [2.24, 2.45) is 4.99 Å². The highest BCUT2D eigenvalue weighted by molar-refractivity contribution is 6.30. The molecule has 4 heteroatoms. The summed E-state index contributed by atoms with van der Waals surface area (Å²) in [7, 11) is 0. The third-order valence-corrected chi connectivity index (χ3v) is 4.67. The van der Waals surface area contributed by atoms with Crippen molar-refractivity contribution in [3.63, 3.8) is 0 Å². The highest BCUT2D eigenvalue weighted by atomic mass is 35.5. The van der Waals surface area contributed by atoms with Crippen LogP contribution in [0.25, 0.3) is 0 Å². The van der Waals surface area contributed by atoms with Crippen LogP contribution in [0.3, 0.4) is 0 Å². The lowest BCUT2D eigenvalue weighted by atomic mass is 9.95. The minimum absolute atomic E-state index is 0.460. The summed E-state index contributed by atoms with van der Waals surface area (Å²) in [6.07, 6.45) is 6.25. The molecule has 3 rings (SSSR count). The van der Waals surface area contributed by atoms with Crippen molar-refractivity contribution in [2.45, 2.75) is 45.1 Å². The molecule has 1 aliphatic carbocycles. The predicted octanol–water partition coefficient (Wildman–Crippen LogP) is 5.74. The van der Waals surface area contributed by atoms with Gasteiger partial charge in [0.25, 0.3) is 0 Å². The average molecular weight is 357 g/mol. The van der Waals surface area contributed by atoms with E-state index in [9.17, 15) is 0 Å². The zero-order valence-corrected chi connectivity index (χ0v) is 15.4. The van der Waals surface area contributed by atoms with Crippen molar-refractivity contribution in [1.29, 1.82) is 0 Å². The fourth-order valence-electron chi connectivity index (χ4n) is 3.23. The molecule has 0 atom stereocenters. The Balaban J connectivity index is 1.96. The molecule has 0 spiro atoms. The lowest BCUT2D eigenvalue weighted by Crippen LogP contribution is -2.36. The average Bonchev–Trinajstić information content (AvgIpc) is 2.63. The number of para-hydroxylation sites is 1. The summed E-state index contributed by atoms with van der Waals surface area (Å²) in [5.41, 5.74) is 1.84. The van der Waals surface area contributed by atoms with E-state index in [2.05, 4.69) is 11.4 Å². The molecule has 1 saturated carbocycles. The first-order valence-electron chi connectivity index (χ1n) is 9.09. The fraction of sp³-hybridized carbons (Fsp3) is 0.381. The molecule has 0 heterocycles. The molecule has 1 aliphatic rings. The van der Waals surface area contributed by atoms with E-state index in [-0.39, 0.29) is 0 Å². The topological polar surface area (TPSA) is 33.6 Å². The van der Waals surface area contributed by atoms with Crippen molar-refractivity contribution in [3.8, 4) is 5.75 Å². The molecule has 0 bridgehead atoms. The zero-order valence-electron chi connectivity index (χ0n) is 14.7. The summed E-state index contributed by atoms with van der Waals surface area (Å²) in [5.74, 6) is 1.72.